The third-order valence-corrected chi connectivity index (χ3v) is 16.3. The number of anilines is 8. The fourth-order valence-electron chi connectivity index (χ4n) is 12.2. The van der Waals surface area contributed by atoms with Gasteiger partial charge < -0.3 is 14.7 Å². The van der Waals surface area contributed by atoms with E-state index in [1.165, 1.54) is 120 Å². The highest BCUT2D eigenvalue weighted by atomic mass is 15.3. The Morgan fingerprint density at radius 1 is 0.446 bits per heavy atom. The molecule has 0 spiro atoms. The van der Waals surface area contributed by atoms with Gasteiger partial charge in [-0.05, 0) is 165 Å². The van der Waals surface area contributed by atoms with Crippen LogP contribution >= 0.6 is 0 Å². The molecule has 2 atom stereocenters. The lowest BCUT2D eigenvalue weighted by molar-refractivity contribution is 0.330. The third kappa shape index (κ3) is 6.58. The third-order valence-electron chi connectivity index (χ3n) is 16.3. The molecule has 3 aliphatic heterocycles. The summed E-state index contributed by atoms with van der Waals surface area (Å²) in [4.78, 5) is 7.98. The van der Waals surface area contributed by atoms with Crippen molar-refractivity contribution in [1.82, 2.24) is 0 Å². The van der Waals surface area contributed by atoms with Gasteiger partial charge in [-0.3, -0.25) is 0 Å². The average molecular weight is 858 g/mol. The molecule has 0 radical (unpaired) electrons. The molecule has 65 heavy (non-hydrogen) atoms. The van der Waals surface area contributed by atoms with E-state index >= 15 is 0 Å². The van der Waals surface area contributed by atoms with Gasteiger partial charge in [-0.1, -0.05) is 151 Å². The van der Waals surface area contributed by atoms with Crippen molar-refractivity contribution in [3.8, 4) is 0 Å². The van der Waals surface area contributed by atoms with E-state index in [0.717, 1.165) is 0 Å². The topological polar surface area (TPSA) is 9.72 Å². The molecule has 1 saturated carbocycles. The largest absolute Gasteiger partial charge is 0.334 e. The van der Waals surface area contributed by atoms with Gasteiger partial charge in [-0.2, -0.15) is 0 Å². The summed E-state index contributed by atoms with van der Waals surface area (Å²) in [6.45, 7) is 37.8. The van der Waals surface area contributed by atoms with Gasteiger partial charge in [0.1, 0.15) is 0 Å². The maximum absolute atomic E-state index is 2.76. The number of fused-ring (bicyclic) bond motifs is 7. The minimum absolute atomic E-state index is 0.0118. The van der Waals surface area contributed by atoms with Gasteiger partial charge in [0.2, 0.25) is 0 Å². The zero-order valence-corrected chi connectivity index (χ0v) is 42.4. The molecule has 4 aliphatic rings. The number of hydrogen-bond donors (Lipinski definition) is 0. The highest BCUT2D eigenvalue weighted by Gasteiger charge is 2.59. The van der Waals surface area contributed by atoms with Crippen molar-refractivity contribution in [2.75, 3.05) is 14.7 Å². The molecular formula is C61H72BN3. The van der Waals surface area contributed by atoms with Crippen LogP contribution < -0.4 is 31.1 Å². The van der Waals surface area contributed by atoms with E-state index in [-0.39, 0.29) is 39.3 Å². The fraction of sp³-hybridized carbons (Fsp3) is 0.410. The summed E-state index contributed by atoms with van der Waals surface area (Å²) in [5, 5.41) is 0. The molecule has 10 rings (SSSR count). The van der Waals surface area contributed by atoms with Crippen molar-refractivity contribution in [3.63, 3.8) is 0 Å². The first-order valence-corrected chi connectivity index (χ1v) is 24.5. The van der Waals surface area contributed by atoms with Crippen molar-refractivity contribution in [3.05, 3.63) is 148 Å². The molecular weight excluding hydrogens is 786 g/mol. The summed E-state index contributed by atoms with van der Waals surface area (Å²) in [6.07, 6.45) is 3.61. The maximum Gasteiger partial charge on any atom is 0.252 e. The molecule has 2 unspecified atom stereocenters. The van der Waals surface area contributed by atoms with Crippen molar-refractivity contribution < 1.29 is 0 Å². The predicted octanol–water partition coefficient (Wildman–Crippen LogP) is 14.9. The second-order valence-corrected chi connectivity index (χ2v) is 24.9. The van der Waals surface area contributed by atoms with Crippen LogP contribution in [0.1, 0.15) is 155 Å². The summed E-state index contributed by atoms with van der Waals surface area (Å²) in [7, 11) is 0. The average Bonchev–Trinajstić information content (AvgIpc) is 3.62. The monoisotopic (exact) mass is 858 g/mol. The van der Waals surface area contributed by atoms with Crippen LogP contribution in [0.15, 0.2) is 109 Å². The number of aryl methyl sites for hydroxylation is 2. The normalized spacial score (nSPS) is 20.1. The first-order chi connectivity index (χ1) is 30.3. The molecule has 0 bridgehead atoms. The van der Waals surface area contributed by atoms with Gasteiger partial charge in [0.25, 0.3) is 6.71 Å². The van der Waals surface area contributed by atoms with Crippen molar-refractivity contribution in [1.29, 1.82) is 0 Å². The molecule has 3 nitrogen and oxygen atoms in total. The summed E-state index contributed by atoms with van der Waals surface area (Å²) >= 11 is 0. The standard InChI is InChI=1S/C61H72BN3/c1-38-32-53-55-54(33-38)64(49-27-20-41(34-39(49)2)57(6,7)8)51-29-22-43(59(12,13)14)36-48(51)62(55)47-26-25-45(37-52(47)63(53)44-23-18-40(19-24-44)56(3,4)5)65-50-28-21-42(58(9,10)11)35-46(50)60(15)30-17-31-61(60,65)16/h18-29,32-37H,17,30-31H2,1-16H3. The van der Waals surface area contributed by atoms with Crippen LogP contribution in [-0.2, 0) is 27.1 Å². The highest BCUT2D eigenvalue weighted by Crippen LogP contribution is 2.63. The zero-order chi connectivity index (χ0) is 46.6. The zero-order valence-electron chi connectivity index (χ0n) is 42.4. The van der Waals surface area contributed by atoms with Gasteiger partial charge in [0, 0.05) is 50.9 Å². The Labute approximate surface area is 392 Å². The van der Waals surface area contributed by atoms with Crippen LogP contribution in [0, 0.1) is 13.8 Å². The Hall–Kier alpha value is -5.22. The molecule has 3 heterocycles. The van der Waals surface area contributed by atoms with Crippen LogP contribution in [0.4, 0.5) is 45.5 Å². The summed E-state index contributed by atoms with van der Waals surface area (Å²) in [6, 6.07) is 43.9. The van der Waals surface area contributed by atoms with Crippen LogP contribution in [0.25, 0.3) is 0 Å². The lowest BCUT2D eigenvalue weighted by Crippen LogP contribution is -2.61. The molecule has 0 amide bonds. The summed E-state index contributed by atoms with van der Waals surface area (Å²) < 4.78 is 0. The Balaban J connectivity index is 1.26. The minimum Gasteiger partial charge on any atom is -0.334 e. The maximum atomic E-state index is 2.76. The molecule has 0 N–H and O–H groups in total. The van der Waals surface area contributed by atoms with Crippen LogP contribution in [0.2, 0.25) is 0 Å². The van der Waals surface area contributed by atoms with Gasteiger partial charge in [0.15, 0.2) is 0 Å². The SMILES string of the molecule is Cc1cc2c3c(c1)N(c1ccc(C(C)(C)C)cc1C)c1ccc(C(C)(C)C)cc1B3c1ccc(N3c4ccc(C(C)(C)C)cc4C4(C)CCCC34C)cc1N2c1ccc(C(C)(C)C)cc1. The van der Waals surface area contributed by atoms with Crippen molar-refractivity contribution >= 4 is 68.6 Å². The van der Waals surface area contributed by atoms with Gasteiger partial charge >= 0.3 is 0 Å². The molecule has 0 saturated heterocycles. The Morgan fingerprint density at radius 3 is 1.57 bits per heavy atom. The van der Waals surface area contributed by atoms with E-state index in [1.54, 1.807) is 0 Å². The van der Waals surface area contributed by atoms with E-state index in [0.29, 0.717) is 0 Å². The number of rotatable bonds is 3. The molecule has 334 valence electrons. The first kappa shape index (κ1) is 43.7. The molecule has 6 aromatic carbocycles. The molecule has 0 aromatic heterocycles. The van der Waals surface area contributed by atoms with Crippen LogP contribution in [-0.4, -0.2) is 12.3 Å². The quantitative estimate of drug-likeness (QED) is 0.164. The Morgan fingerprint density at radius 2 is 0.969 bits per heavy atom. The van der Waals surface area contributed by atoms with E-state index in [2.05, 4.69) is 235 Å². The number of hydrogen-bond acceptors (Lipinski definition) is 3. The van der Waals surface area contributed by atoms with Crippen LogP contribution in [0.5, 0.6) is 0 Å². The van der Waals surface area contributed by atoms with E-state index in [1.807, 2.05) is 0 Å². The second kappa shape index (κ2) is 14.1. The Kier molecular flexibility index (Phi) is 9.50. The predicted molar refractivity (Wildman–Crippen MR) is 283 cm³/mol. The number of nitrogens with zero attached hydrogens (tertiary/aromatic N) is 3. The second-order valence-electron chi connectivity index (χ2n) is 24.9. The van der Waals surface area contributed by atoms with Gasteiger partial charge in [0.05, 0.1) is 5.54 Å². The number of benzene rings is 6. The molecule has 1 fully saturated rings. The van der Waals surface area contributed by atoms with E-state index < -0.39 is 0 Å². The minimum atomic E-state index is -0.0461. The fourth-order valence-corrected chi connectivity index (χ4v) is 12.2. The smallest absolute Gasteiger partial charge is 0.252 e. The molecule has 6 aromatic rings. The lowest BCUT2D eigenvalue weighted by atomic mass is 9.33. The Bertz CT molecular complexity index is 2910. The summed E-state index contributed by atoms with van der Waals surface area (Å²) in [5.74, 6) is 0. The van der Waals surface area contributed by atoms with Crippen molar-refractivity contribution in [2.24, 2.45) is 0 Å². The summed E-state index contributed by atoms with van der Waals surface area (Å²) in [5.41, 5.74) is 24.1. The van der Waals surface area contributed by atoms with E-state index in [4.69, 9.17) is 0 Å². The van der Waals surface area contributed by atoms with Gasteiger partial charge in [-0.15, -0.1) is 0 Å². The molecule has 4 heteroatoms. The van der Waals surface area contributed by atoms with Crippen LogP contribution in [0.3, 0.4) is 0 Å². The van der Waals surface area contributed by atoms with E-state index in [9.17, 15) is 0 Å². The molecule has 1 aliphatic carbocycles. The first-order valence-electron chi connectivity index (χ1n) is 24.5. The highest BCUT2D eigenvalue weighted by molar-refractivity contribution is 7.00. The lowest BCUT2D eigenvalue weighted by Gasteiger charge is -2.46. The van der Waals surface area contributed by atoms with Gasteiger partial charge in [-0.25, -0.2) is 0 Å². The van der Waals surface area contributed by atoms with Crippen molar-refractivity contribution in [2.45, 2.75) is 163 Å².